The van der Waals surface area contributed by atoms with Gasteiger partial charge in [0, 0.05) is 43.9 Å². The molecule has 0 saturated carbocycles. The van der Waals surface area contributed by atoms with E-state index in [4.69, 9.17) is 0 Å². The van der Waals surface area contributed by atoms with Crippen molar-refractivity contribution in [2.75, 3.05) is 26.2 Å². The number of hydrogen-bond donors (Lipinski definition) is 2. The number of benzene rings is 1. The zero-order valence-electron chi connectivity index (χ0n) is 11.5. The molecular formula is C13H19Cl2F3N2O. The molecule has 3 nitrogen and oxygen atoms in total. The minimum absolute atomic E-state index is 0. The number of phenolic OH excluding ortho intramolecular Hbond substituents is 1. The number of phenols is 1. The first-order valence-corrected chi connectivity index (χ1v) is 6.37. The predicted octanol–water partition coefficient (Wildman–Crippen LogP) is 3.01. The van der Waals surface area contributed by atoms with Crippen molar-refractivity contribution in [3.63, 3.8) is 0 Å². The van der Waals surface area contributed by atoms with Crippen molar-refractivity contribution in [3.05, 3.63) is 29.1 Å². The Hall–Kier alpha value is -0.690. The maximum Gasteiger partial charge on any atom is 0.195 e. The molecule has 122 valence electrons. The third-order valence-corrected chi connectivity index (χ3v) is 3.49. The Morgan fingerprint density at radius 1 is 1.19 bits per heavy atom. The molecule has 21 heavy (non-hydrogen) atoms. The maximum absolute atomic E-state index is 13.9. The number of nitrogens with one attached hydrogen (secondary N) is 1. The number of halogens is 5. The summed E-state index contributed by atoms with van der Waals surface area (Å²) in [7, 11) is 0. The van der Waals surface area contributed by atoms with Crippen LogP contribution in [0, 0.1) is 17.5 Å². The monoisotopic (exact) mass is 346 g/mol. The van der Waals surface area contributed by atoms with Crippen LogP contribution < -0.4 is 5.32 Å². The van der Waals surface area contributed by atoms with Crippen molar-refractivity contribution >= 4 is 24.8 Å². The topological polar surface area (TPSA) is 35.5 Å². The van der Waals surface area contributed by atoms with Crippen molar-refractivity contribution in [2.24, 2.45) is 0 Å². The van der Waals surface area contributed by atoms with Crippen LogP contribution in [0.4, 0.5) is 13.2 Å². The molecule has 1 aliphatic rings. The molecule has 1 fully saturated rings. The summed E-state index contributed by atoms with van der Waals surface area (Å²) in [5.41, 5.74) is -0.150. The van der Waals surface area contributed by atoms with Gasteiger partial charge in [-0.15, -0.1) is 24.8 Å². The van der Waals surface area contributed by atoms with Gasteiger partial charge < -0.3 is 10.4 Å². The molecule has 1 aromatic rings. The van der Waals surface area contributed by atoms with E-state index in [1.807, 2.05) is 11.8 Å². The second-order valence-electron chi connectivity index (χ2n) is 4.63. The van der Waals surface area contributed by atoms with Crippen LogP contribution in [-0.4, -0.2) is 36.2 Å². The Balaban J connectivity index is 0.00000200. The van der Waals surface area contributed by atoms with E-state index in [2.05, 4.69) is 5.32 Å². The lowest BCUT2D eigenvalue weighted by atomic mass is 9.99. The molecule has 2 N–H and O–H groups in total. The maximum atomic E-state index is 13.9. The lowest BCUT2D eigenvalue weighted by Crippen LogP contribution is -2.45. The summed E-state index contributed by atoms with van der Waals surface area (Å²) in [4.78, 5) is 1.96. The Kier molecular flexibility index (Phi) is 8.39. The predicted molar refractivity (Wildman–Crippen MR) is 80.0 cm³/mol. The van der Waals surface area contributed by atoms with E-state index in [-0.39, 0.29) is 30.4 Å². The molecule has 1 aromatic carbocycles. The SMILES string of the molecule is CC[C@H](c1c(O)cc(F)c(F)c1F)N1CCNCC1.Cl.Cl. The fraction of sp³-hybridized carbons (Fsp3) is 0.538. The van der Waals surface area contributed by atoms with E-state index >= 15 is 0 Å². The van der Waals surface area contributed by atoms with Crippen molar-refractivity contribution in [2.45, 2.75) is 19.4 Å². The second-order valence-corrected chi connectivity index (χ2v) is 4.63. The van der Waals surface area contributed by atoms with Crippen LogP contribution in [0.15, 0.2) is 6.07 Å². The number of piperazine rings is 1. The first-order valence-electron chi connectivity index (χ1n) is 6.37. The first kappa shape index (κ1) is 20.3. The number of aromatic hydroxyl groups is 1. The molecule has 1 saturated heterocycles. The smallest absolute Gasteiger partial charge is 0.195 e. The third-order valence-electron chi connectivity index (χ3n) is 3.49. The number of hydrogen-bond acceptors (Lipinski definition) is 3. The van der Waals surface area contributed by atoms with Gasteiger partial charge in [-0.3, -0.25) is 4.90 Å². The minimum Gasteiger partial charge on any atom is -0.507 e. The van der Waals surface area contributed by atoms with Crippen LogP contribution in [0.5, 0.6) is 5.75 Å². The van der Waals surface area contributed by atoms with E-state index in [1.165, 1.54) is 0 Å². The fourth-order valence-corrected chi connectivity index (χ4v) is 2.55. The molecule has 1 atom stereocenters. The second kappa shape index (κ2) is 8.68. The van der Waals surface area contributed by atoms with Gasteiger partial charge in [0.05, 0.1) is 0 Å². The summed E-state index contributed by atoms with van der Waals surface area (Å²) in [6.45, 7) is 4.69. The van der Waals surface area contributed by atoms with Crippen LogP contribution in [0.2, 0.25) is 0 Å². The van der Waals surface area contributed by atoms with Crippen LogP contribution >= 0.6 is 24.8 Å². The van der Waals surface area contributed by atoms with Gasteiger partial charge in [-0.25, -0.2) is 13.2 Å². The zero-order valence-corrected chi connectivity index (χ0v) is 13.2. The average Bonchev–Trinajstić information content (AvgIpc) is 2.42. The number of nitrogens with zero attached hydrogens (tertiary/aromatic N) is 1. The molecule has 0 aliphatic carbocycles. The summed E-state index contributed by atoms with van der Waals surface area (Å²) >= 11 is 0. The van der Waals surface area contributed by atoms with Gasteiger partial charge in [0.25, 0.3) is 0 Å². The summed E-state index contributed by atoms with van der Waals surface area (Å²) in [6, 6.07) is 0.190. The van der Waals surface area contributed by atoms with Crippen LogP contribution in [0.1, 0.15) is 24.9 Å². The molecule has 8 heteroatoms. The Morgan fingerprint density at radius 3 is 2.29 bits per heavy atom. The summed E-state index contributed by atoms with van der Waals surface area (Å²) in [5.74, 6) is -4.71. The van der Waals surface area contributed by atoms with Gasteiger partial charge in [-0.1, -0.05) is 6.92 Å². The lowest BCUT2D eigenvalue weighted by molar-refractivity contribution is 0.162. The summed E-state index contributed by atoms with van der Waals surface area (Å²) in [6.07, 6.45) is 0.509. The average molecular weight is 347 g/mol. The van der Waals surface area contributed by atoms with Gasteiger partial charge in [-0.2, -0.15) is 0 Å². The standard InChI is InChI=1S/C13H17F3N2O.2ClH/c1-2-9(18-5-3-17-4-6-18)11-10(19)7-8(14)12(15)13(11)16;;/h7,9,17,19H,2-6H2,1H3;2*1H/t9-;;/m1../s1. The van der Waals surface area contributed by atoms with Gasteiger partial charge in [0.15, 0.2) is 17.5 Å². The molecule has 0 radical (unpaired) electrons. The molecule has 1 heterocycles. The summed E-state index contributed by atoms with van der Waals surface area (Å²) in [5, 5.41) is 12.9. The molecule has 0 spiro atoms. The van der Waals surface area contributed by atoms with Crippen molar-refractivity contribution in [3.8, 4) is 5.75 Å². The molecule has 0 aromatic heterocycles. The molecule has 2 rings (SSSR count). The minimum atomic E-state index is -1.53. The van der Waals surface area contributed by atoms with E-state index in [0.717, 1.165) is 13.1 Å². The highest BCUT2D eigenvalue weighted by Gasteiger charge is 2.29. The fourth-order valence-electron chi connectivity index (χ4n) is 2.55. The Morgan fingerprint density at radius 2 is 1.76 bits per heavy atom. The lowest BCUT2D eigenvalue weighted by Gasteiger charge is -2.35. The number of rotatable bonds is 3. The van der Waals surface area contributed by atoms with Crippen molar-refractivity contribution < 1.29 is 18.3 Å². The van der Waals surface area contributed by atoms with Gasteiger partial charge in [0.1, 0.15) is 5.75 Å². The van der Waals surface area contributed by atoms with Crippen LogP contribution in [-0.2, 0) is 0 Å². The largest absolute Gasteiger partial charge is 0.507 e. The van der Waals surface area contributed by atoms with Gasteiger partial charge >= 0.3 is 0 Å². The van der Waals surface area contributed by atoms with E-state index in [1.54, 1.807) is 0 Å². The Bertz CT molecular complexity index is 471. The van der Waals surface area contributed by atoms with Crippen LogP contribution in [0.3, 0.4) is 0 Å². The van der Waals surface area contributed by atoms with Crippen LogP contribution in [0.25, 0.3) is 0 Å². The molecule has 1 aliphatic heterocycles. The summed E-state index contributed by atoms with van der Waals surface area (Å²) < 4.78 is 40.3. The van der Waals surface area contributed by atoms with Gasteiger partial charge in [-0.05, 0) is 6.42 Å². The molecule has 0 bridgehead atoms. The quantitative estimate of drug-likeness (QED) is 0.826. The molecule has 0 amide bonds. The highest BCUT2D eigenvalue weighted by atomic mass is 35.5. The van der Waals surface area contributed by atoms with E-state index in [9.17, 15) is 18.3 Å². The Labute approximate surface area is 134 Å². The normalized spacial score (nSPS) is 16.8. The molecule has 0 unspecified atom stereocenters. The van der Waals surface area contributed by atoms with E-state index in [0.29, 0.717) is 25.6 Å². The third kappa shape index (κ3) is 4.16. The van der Waals surface area contributed by atoms with E-state index < -0.39 is 29.2 Å². The van der Waals surface area contributed by atoms with Crippen molar-refractivity contribution in [1.29, 1.82) is 0 Å². The highest BCUT2D eigenvalue weighted by molar-refractivity contribution is 5.85. The molecular weight excluding hydrogens is 328 g/mol. The van der Waals surface area contributed by atoms with Gasteiger partial charge in [0.2, 0.25) is 0 Å². The first-order chi connectivity index (χ1) is 9.06. The zero-order chi connectivity index (χ0) is 14.0. The van der Waals surface area contributed by atoms with Crippen molar-refractivity contribution in [1.82, 2.24) is 10.2 Å². The highest BCUT2D eigenvalue weighted by Crippen LogP contribution is 2.35.